The van der Waals surface area contributed by atoms with E-state index in [1.807, 2.05) is 36.4 Å². The first-order chi connectivity index (χ1) is 13.2. The summed E-state index contributed by atoms with van der Waals surface area (Å²) in [5.74, 6) is -0.817. The largest absolute Gasteiger partial charge is 0.382 e. The standard InChI is InChI=1S/C21H17FN4O/c22-18-7-2-8-19(17(18)14-23)24-12-13-25-20(27)10-9-16-5-1-4-15-6-3-11-26-21(15)16/h1-11,24H,12-13H2,(H,25,27). The Labute approximate surface area is 156 Å². The van der Waals surface area contributed by atoms with Crippen LogP contribution in [0.5, 0.6) is 0 Å². The molecule has 0 aliphatic heterocycles. The number of para-hydroxylation sites is 1. The van der Waals surface area contributed by atoms with Gasteiger partial charge in [-0.15, -0.1) is 0 Å². The molecule has 0 bridgehead atoms. The van der Waals surface area contributed by atoms with Crippen molar-refractivity contribution in [1.82, 2.24) is 10.3 Å². The molecule has 27 heavy (non-hydrogen) atoms. The van der Waals surface area contributed by atoms with E-state index in [4.69, 9.17) is 5.26 Å². The summed E-state index contributed by atoms with van der Waals surface area (Å²) in [6.07, 6.45) is 4.89. The van der Waals surface area contributed by atoms with E-state index in [2.05, 4.69) is 15.6 Å². The molecule has 2 N–H and O–H groups in total. The zero-order valence-corrected chi connectivity index (χ0v) is 14.4. The minimum Gasteiger partial charge on any atom is -0.382 e. The summed E-state index contributed by atoms with van der Waals surface area (Å²) in [6, 6.07) is 15.8. The Balaban J connectivity index is 1.54. The molecule has 2 aromatic carbocycles. The van der Waals surface area contributed by atoms with Gasteiger partial charge in [-0.3, -0.25) is 9.78 Å². The third-order valence-corrected chi connectivity index (χ3v) is 3.94. The number of carbonyl (C=O) groups is 1. The van der Waals surface area contributed by atoms with Crippen LogP contribution in [0.1, 0.15) is 11.1 Å². The van der Waals surface area contributed by atoms with Gasteiger partial charge in [-0.2, -0.15) is 5.26 Å². The second kappa shape index (κ2) is 8.59. The molecular weight excluding hydrogens is 343 g/mol. The highest BCUT2D eigenvalue weighted by Crippen LogP contribution is 2.18. The van der Waals surface area contributed by atoms with Crippen molar-refractivity contribution >= 4 is 28.6 Å². The molecule has 0 saturated heterocycles. The van der Waals surface area contributed by atoms with E-state index in [9.17, 15) is 9.18 Å². The van der Waals surface area contributed by atoms with Gasteiger partial charge in [0, 0.05) is 36.3 Å². The van der Waals surface area contributed by atoms with Crippen molar-refractivity contribution in [2.24, 2.45) is 0 Å². The lowest BCUT2D eigenvalue weighted by molar-refractivity contribution is -0.116. The predicted molar refractivity (Wildman–Crippen MR) is 103 cm³/mol. The van der Waals surface area contributed by atoms with Gasteiger partial charge in [0.15, 0.2) is 0 Å². The van der Waals surface area contributed by atoms with Gasteiger partial charge < -0.3 is 10.6 Å². The Hall–Kier alpha value is -3.72. The number of anilines is 1. The lowest BCUT2D eigenvalue weighted by Crippen LogP contribution is -2.27. The van der Waals surface area contributed by atoms with E-state index in [-0.39, 0.29) is 11.5 Å². The number of hydrogen-bond acceptors (Lipinski definition) is 4. The van der Waals surface area contributed by atoms with Crippen LogP contribution in [0.25, 0.3) is 17.0 Å². The second-order valence-corrected chi connectivity index (χ2v) is 5.75. The molecule has 0 unspecified atom stereocenters. The van der Waals surface area contributed by atoms with Gasteiger partial charge >= 0.3 is 0 Å². The predicted octanol–water partition coefficient (Wildman–Crippen LogP) is 3.49. The monoisotopic (exact) mass is 360 g/mol. The number of halogens is 1. The van der Waals surface area contributed by atoms with Crippen LogP contribution in [0.2, 0.25) is 0 Å². The Morgan fingerprint density at radius 3 is 2.81 bits per heavy atom. The number of amides is 1. The summed E-state index contributed by atoms with van der Waals surface area (Å²) in [6.45, 7) is 0.700. The van der Waals surface area contributed by atoms with Crippen molar-refractivity contribution in [2.45, 2.75) is 0 Å². The summed E-state index contributed by atoms with van der Waals surface area (Å²) >= 11 is 0. The number of hydrogen-bond donors (Lipinski definition) is 2. The number of nitrogens with zero attached hydrogens (tertiary/aromatic N) is 2. The summed E-state index contributed by atoms with van der Waals surface area (Å²) in [7, 11) is 0. The normalized spacial score (nSPS) is 10.7. The molecule has 1 aromatic heterocycles. The summed E-state index contributed by atoms with van der Waals surface area (Å²) in [5, 5.41) is 15.7. The van der Waals surface area contributed by atoms with Gasteiger partial charge in [0.2, 0.25) is 5.91 Å². The Morgan fingerprint density at radius 2 is 1.96 bits per heavy atom. The fourth-order valence-electron chi connectivity index (χ4n) is 2.65. The average Bonchev–Trinajstić information content (AvgIpc) is 2.69. The van der Waals surface area contributed by atoms with Crippen LogP contribution >= 0.6 is 0 Å². The molecule has 6 heteroatoms. The van der Waals surface area contributed by atoms with E-state index in [1.54, 1.807) is 18.3 Å². The fourth-order valence-corrected chi connectivity index (χ4v) is 2.65. The molecule has 5 nitrogen and oxygen atoms in total. The molecule has 0 aliphatic rings. The molecule has 1 amide bonds. The molecular formula is C21H17FN4O. The van der Waals surface area contributed by atoms with Crippen molar-refractivity contribution in [1.29, 1.82) is 5.26 Å². The first-order valence-corrected chi connectivity index (χ1v) is 8.41. The van der Waals surface area contributed by atoms with Crippen LogP contribution in [-0.2, 0) is 4.79 Å². The first kappa shape index (κ1) is 18.1. The molecule has 0 atom stereocenters. The van der Waals surface area contributed by atoms with Gasteiger partial charge in [-0.05, 0) is 24.3 Å². The number of pyridine rings is 1. The van der Waals surface area contributed by atoms with Crippen molar-refractivity contribution in [3.63, 3.8) is 0 Å². The van der Waals surface area contributed by atoms with Gasteiger partial charge in [-0.25, -0.2) is 4.39 Å². The van der Waals surface area contributed by atoms with Crippen LogP contribution in [-0.4, -0.2) is 24.0 Å². The average molecular weight is 360 g/mol. The Bertz CT molecular complexity index is 1030. The van der Waals surface area contributed by atoms with E-state index < -0.39 is 5.82 Å². The number of benzene rings is 2. The highest BCUT2D eigenvalue weighted by Gasteiger charge is 2.06. The summed E-state index contributed by atoms with van der Waals surface area (Å²) in [4.78, 5) is 16.3. The van der Waals surface area contributed by atoms with Gasteiger partial charge in [0.05, 0.1) is 11.2 Å². The maximum atomic E-state index is 13.5. The molecule has 0 radical (unpaired) electrons. The van der Waals surface area contributed by atoms with Gasteiger partial charge in [0.25, 0.3) is 0 Å². The van der Waals surface area contributed by atoms with Crippen molar-refractivity contribution < 1.29 is 9.18 Å². The van der Waals surface area contributed by atoms with E-state index in [1.165, 1.54) is 18.2 Å². The number of aromatic nitrogens is 1. The van der Waals surface area contributed by atoms with Crippen molar-refractivity contribution in [2.75, 3.05) is 18.4 Å². The maximum absolute atomic E-state index is 13.5. The molecule has 0 fully saturated rings. The van der Waals surface area contributed by atoms with Crippen LogP contribution in [0.15, 0.2) is 60.8 Å². The maximum Gasteiger partial charge on any atom is 0.244 e. The number of nitrogens with one attached hydrogen (secondary N) is 2. The zero-order valence-electron chi connectivity index (χ0n) is 14.4. The van der Waals surface area contributed by atoms with Gasteiger partial charge in [-0.1, -0.05) is 30.3 Å². The third kappa shape index (κ3) is 4.47. The highest BCUT2D eigenvalue weighted by molar-refractivity contribution is 5.95. The fraction of sp³-hybridized carbons (Fsp3) is 0.0952. The number of rotatable bonds is 6. The lowest BCUT2D eigenvalue weighted by Gasteiger charge is -2.08. The van der Waals surface area contributed by atoms with Crippen LogP contribution in [0.3, 0.4) is 0 Å². The van der Waals surface area contributed by atoms with Crippen molar-refractivity contribution in [3.8, 4) is 6.07 Å². The second-order valence-electron chi connectivity index (χ2n) is 5.75. The van der Waals surface area contributed by atoms with Crippen LogP contribution in [0, 0.1) is 17.1 Å². The van der Waals surface area contributed by atoms with E-state index >= 15 is 0 Å². The quantitative estimate of drug-likeness (QED) is 0.521. The molecule has 0 aliphatic carbocycles. The van der Waals surface area contributed by atoms with E-state index in [0.29, 0.717) is 18.8 Å². The summed E-state index contributed by atoms with van der Waals surface area (Å²) in [5.41, 5.74) is 2.07. The van der Waals surface area contributed by atoms with E-state index in [0.717, 1.165) is 16.5 Å². The van der Waals surface area contributed by atoms with Crippen molar-refractivity contribution in [3.05, 3.63) is 77.7 Å². The minimum atomic E-state index is -0.571. The smallest absolute Gasteiger partial charge is 0.244 e. The Morgan fingerprint density at radius 1 is 1.15 bits per heavy atom. The first-order valence-electron chi connectivity index (χ1n) is 8.41. The molecule has 134 valence electrons. The molecule has 0 saturated carbocycles. The highest BCUT2D eigenvalue weighted by atomic mass is 19.1. The number of fused-ring (bicyclic) bond motifs is 1. The lowest BCUT2D eigenvalue weighted by atomic mass is 10.1. The van der Waals surface area contributed by atoms with Crippen LogP contribution in [0.4, 0.5) is 10.1 Å². The number of carbonyl (C=O) groups excluding carboxylic acids is 1. The summed E-state index contributed by atoms with van der Waals surface area (Å²) < 4.78 is 13.5. The molecule has 3 rings (SSSR count). The van der Waals surface area contributed by atoms with Gasteiger partial charge in [0.1, 0.15) is 17.4 Å². The Kier molecular flexibility index (Phi) is 5.75. The molecule has 0 spiro atoms. The molecule has 1 heterocycles. The third-order valence-electron chi connectivity index (χ3n) is 3.94. The van der Waals surface area contributed by atoms with Crippen LogP contribution < -0.4 is 10.6 Å². The SMILES string of the molecule is N#Cc1c(F)cccc1NCCNC(=O)C=Cc1cccc2cccnc12. The topological polar surface area (TPSA) is 77.8 Å². The zero-order chi connectivity index (χ0) is 19.1. The minimum absolute atomic E-state index is 0.0350. The molecule has 3 aromatic rings. The number of nitriles is 1.